The molecule has 0 aromatic heterocycles. The molecule has 0 saturated carbocycles. The fraction of sp³-hybridized carbons (Fsp3) is 0.357. The van der Waals surface area contributed by atoms with Gasteiger partial charge in [-0.05, 0) is 79.6 Å². The van der Waals surface area contributed by atoms with E-state index in [1.165, 1.54) is 35.9 Å². The zero-order chi connectivity index (χ0) is 23.3. The topological polar surface area (TPSA) is 43.7 Å². The lowest BCUT2D eigenvalue weighted by Gasteiger charge is -2.39. The Bertz CT molecular complexity index is 1030. The number of rotatable bonds is 8. The van der Waals surface area contributed by atoms with Crippen molar-refractivity contribution in [2.24, 2.45) is 0 Å². The summed E-state index contributed by atoms with van der Waals surface area (Å²) in [6.45, 7) is 2.55. The molecule has 0 bridgehead atoms. The number of aliphatic hydroxyl groups excluding tert-OH is 1. The third-order valence-electron chi connectivity index (χ3n) is 6.73. The molecule has 0 aliphatic carbocycles. The fourth-order valence-corrected chi connectivity index (χ4v) is 4.61. The average molecular weight is 452 g/mol. The van der Waals surface area contributed by atoms with Gasteiger partial charge in [0, 0.05) is 18.7 Å². The normalized spacial score (nSPS) is 17.1. The SMILES string of the molecule is OC(c1ccc(F)cc1)c1cc(C2(O)CCN(CCCCc3ccccc3)CC2)ccc1F. The molecule has 3 aromatic carbocycles. The number of aryl methyl sites for hydroxylation is 1. The lowest BCUT2D eigenvalue weighted by molar-refractivity contribution is -0.0262. The van der Waals surface area contributed by atoms with Crippen LogP contribution in [-0.4, -0.2) is 34.7 Å². The monoisotopic (exact) mass is 451 g/mol. The van der Waals surface area contributed by atoms with E-state index in [4.69, 9.17) is 0 Å². The van der Waals surface area contributed by atoms with E-state index in [1.54, 1.807) is 12.1 Å². The predicted octanol–water partition coefficient (Wildman–Crippen LogP) is 5.35. The van der Waals surface area contributed by atoms with Crippen LogP contribution in [0.15, 0.2) is 72.8 Å². The molecule has 33 heavy (non-hydrogen) atoms. The van der Waals surface area contributed by atoms with Crippen LogP contribution in [0.4, 0.5) is 8.78 Å². The Morgan fingerprint density at radius 1 is 0.879 bits per heavy atom. The number of aliphatic hydroxyl groups is 2. The molecule has 0 spiro atoms. The first-order chi connectivity index (χ1) is 15.9. The Morgan fingerprint density at radius 2 is 1.58 bits per heavy atom. The summed E-state index contributed by atoms with van der Waals surface area (Å²) in [5, 5.41) is 22.0. The number of benzene rings is 3. The van der Waals surface area contributed by atoms with Gasteiger partial charge in [-0.25, -0.2) is 8.78 Å². The summed E-state index contributed by atoms with van der Waals surface area (Å²) in [7, 11) is 0. The minimum absolute atomic E-state index is 0.0934. The second kappa shape index (κ2) is 10.6. The van der Waals surface area contributed by atoms with Crippen LogP contribution in [0.25, 0.3) is 0 Å². The van der Waals surface area contributed by atoms with Crippen molar-refractivity contribution in [2.45, 2.75) is 43.8 Å². The van der Waals surface area contributed by atoms with Crippen molar-refractivity contribution in [1.82, 2.24) is 4.90 Å². The second-order valence-corrected chi connectivity index (χ2v) is 9.01. The van der Waals surface area contributed by atoms with E-state index < -0.39 is 23.3 Å². The summed E-state index contributed by atoms with van der Waals surface area (Å²) in [5.74, 6) is -0.962. The van der Waals surface area contributed by atoms with E-state index in [0.29, 0.717) is 24.0 Å². The molecule has 0 radical (unpaired) electrons. The lowest BCUT2D eigenvalue weighted by atomic mass is 9.83. The van der Waals surface area contributed by atoms with Crippen molar-refractivity contribution in [3.63, 3.8) is 0 Å². The third-order valence-corrected chi connectivity index (χ3v) is 6.73. The molecule has 5 heteroatoms. The maximum absolute atomic E-state index is 14.5. The van der Waals surface area contributed by atoms with E-state index >= 15 is 0 Å². The Labute approximate surface area is 194 Å². The predicted molar refractivity (Wildman–Crippen MR) is 126 cm³/mol. The number of piperidine rings is 1. The highest BCUT2D eigenvalue weighted by molar-refractivity contribution is 5.36. The summed E-state index contributed by atoms with van der Waals surface area (Å²) in [6, 6.07) is 20.3. The first-order valence-corrected chi connectivity index (χ1v) is 11.7. The van der Waals surface area contributed by atoms with Crippen molar-refractivity contribution >= 4 is 0 Å². The van der Waals surface area contributed by atoms with Crippen LogP contribution in [0.2, 0.25) is 0 Å². The molecular formula is C28H31F2NO2. The van der Waals surface area contributed by atoms with Gasteiger partial charge in [-0.2, -0.15) is 0 Å². The van der Waals surface area contributed by atoms with Gasteiger partial charge in [0.2, 0.25) is 0 Å². The van der Waals surface area contributed by atoms with Crippen molar-refractivity contribution in [3.8, 4) is 0 Å². The Balaban J connectivity index is 1.34. The minimum atomic E-state index is -1.22. The van der Waals surface area contributed by atoms with Gasteiger partial charge in [0.25, 0.3) is 0 Å². The highest BCUT2D eigenvalue weighted by Gasteiger charge is 2.34. The van der Waals surface area contributed by atoms with Crippen molar-refractivity contribution < 1.29 is 19.0 Å². The molecule has 1 fully saturated rings. The molecule has 2 N–H and O–H groups in total. The molecule has 4 rings (SSSR count). The average Bonchev–Trinajstić information content (AvgIpc) is 2.84. The molecule has 0 amide bonds. The van der Waals surface area contributed by atoms with Gasteiger partial charge in [0.05, 0.1) is 5.60 Å². The standard InChI is InChI=1S/C28H31F2NO2/c29-24-12-9-22(10-13-24)27(32)25-20-23(11-14-26(25)30)28(33)15-18-31(19-16-28)17-5-4-8-21-6-2-1-3-7-21/h1-3,6-7,9-14,20,27,32-33H,4-5,8,15-19H2. The Morgan fingerprint density at radius 3 is 2.27 bits per heavy atom. The van der Waals surface area contributed by atoms with Gasteiger partial charge >= 0.3 is 0 Å². The number of hydrogen-bond acceptors (Lipinski definition) is 3. The summed E-state index contributed by atoms with van der Waals surface area (Å²) in [6.07, 6.45) is 3.21. The van der Waals surface area contributed by atoms with E-state index in [0.717, 1.165) is 38.9 Å². The number of halogens is 2. The van der Waals surface area contributed by atoms with E-state index in [1.807, 2.05) is 6.07 Å². The first-order valence-electron chi connectivity index (χ1n) is 11.7. The highest BCUT2D eigenvalue weighted by Crippen LogP contribution is 2.35. The molecule has 1 aliphatic rings. The number of likely N-dealkylation sites (tertiary alicyclic amines) is 1. The molecule has 174 valence electrons. The molecule has 1 heterocycles. The maximum Gasteiger partial charge on any atom is 0.129 e. The maximum atomic E-state index is 14.5. The van der Waals surface area contributed by atoms with Gasteiger partial charge in [0.15, 0.2) is 0 Å². The largest absolute Gasteiger partial charge is 0.385 e. The summed E-state index contributed by atoms with van der Waals surface area (Å²) in [5.41, 5.74) is 1.43. The van der Waals surface area contributed by atoms with Gasteiger partial charge < -0.3 is 15.1 Å². The quantitative estimate of drug-likeness (QED) is 0.454. The lowest BCUT2D eigenvalue weighted by Crippen LogP contribution is -2.43. The van der Waals surface area contributed by atoms with E-state index in [9.17, 15) is 19.0 Å². The van der Waals surface area contributed by atoms with Gasteiger partial charge in [0.1, 0.15) is 17.7 Å². The molecule has 1 aliphatic heterocycles. The molecule has 1 unspecified atom stereocenters. The summed E-state index contributed by atoms with van der Waals surface area (Å²) in [4.78, 5) is 2.37. The summed E-state index contributed by atoms with van der Waals surface area (Å²) >= 11 is 0. The van der Waals surface area contributed by atoms with Crippen LogP contribution < -0.4 is 0 Å². The van der Waals surface area contributed by atoms with Crippen molar-refractivity contribution in [1.29, 1.82) is 0 Å². The first kappa shape index (κ1) is 23.6. The zero-order valence-corrected chi connectivity index (χ0v) is 18.8. The van der Waals surface area contributed by atoms with E-state index in [2.05, 4.69) is 29.2 Å². The van der Waals surface area contributed by atoms with Crippen LogP contribution in [0.5, 0.6) is 0 Å². The van der Waals surface area contributed by atoms with Crippen LogP contribution in [-0.2, 0) is 12.0 Å². The van der Waals surface area contributed by atoms with Gasteiger partial charge in [-0.15, -0.1) is 0 Å². The van der Waals surface area contributed by atoms with Crippen LogP contribution >= 0.6 is 0 Å². The second-order valence-electron chi connectivity index (χ2n) is 9.01. The fourth-order valence-electron chi connectivity index (χ4n) is 4.61. The number of hydrogen-bond donors (Lipinski definition) is 2. The molecule has 3 nitrogen and oxygen atoms in total. The Hall–Kier alpha value is -2.60. The van der Waals surface area contributed by atoms with Gasteiger partial charge in [-0.3, -0.25) is 0 Å². The minimum Gasteiger partial charge on any atom is -0.385 e. The van der Waals surface area contributed by atoms with Crippen LogP contribution in [0.1, 0.15) is 54.0 Å². The van der Waals surface area contributed by atoms with Crippen molar-refractivity contribution in [2.75, 3.05) is 19.6 Å². The summed E-state index contributed by atoms with van der Waals surface area (Å²) < 4.78 is 27.7. The third kappa shape index (κ3) is 5.85. The highest BCUT2D eigenvalue weighted by atomic mass is 19.1. The van der Waals surface area contributed by atoms with Gasteiger partial charge in [-0.1, -0.05) is 48.5 Å². The number of unbranched alkanes of at least 4 members (excludes halogenated alkanes) is 1. The smallest absolute Gasteiger partial charge is 0.129 e. The van der Waals surface area contributed by atoms with Crippen LogP contribution in [0.3, 0.4) is 0 Å². The molecule has 1 atom stereocenters. The molecular weight excluding hydrogens is 420 g/mol. The molecule has 1 saturated heterocycles. The van der Waals surface area contributed by atoms with Crippen molar-refractivity contribution in [3.05, 3.63) is 107 Å². The number of nitrogens with zero attached hydrogens (tertiary/aromatic N) is 1. The molecule has 3 aromatic rings. The zero-order valence-electron chi connectivity index (χ0n) is 18.8. The Kier molecular flexibility index (Phi) is 7.53. The van der Waals surface area contributed by atoms with Crippen LogP contribution in [0, 0.1) is 11.6 Å². The van der Waals surface area contributed by atoms with E-state index in [-0.39, 0.29) is 5.56 Å².